The van der Waals surface area contributed by atoms with Crippen molar-refractivity contribution in [2.75, 3.05) is 5.32 Å². The average molecular weight is 235 g/mol. The van der Waals surface area contributed by atoms with E-state index in [1.807, 2.05) is 6.07 Å². The van der Waals surface area contributed by atoms with Gasteiger partial charge in [0.1, 0.15) is 16.8 Å². The number of nitriles is 1. The molecule has 0 unspecified atom stereocenters. The quantitative estimate of drug-likeness (QED) is 0.868. The van der Waals surface area contributed by atoms with E-state index >= 15 is 0 Å². The van der Waals surface area contributed by atoms with Crippen LogP contribution in [0.2, 0.25) is 0 Å². The van der Waals surface area contributed by atoms with Crippen LogP contribution < -0.4 is 5.32 Å². The molecule has 1 amide bonds. The number of amides is 1. The minimum Gasteiger partial charge on any atom is -0.311 e. The average Bonchev–Trinajstić information content (AvgIpc) is 2.87. The molecule has 0 radical (unpaired) electrons. The number of thiazole rings is 1. The van der Waals surface area contributed by atoms with Gasteiger partial charge in [0.05, 0.1) is 11.1 Å². The van der Waals surface area contributed by atoms with E-state index in [4.69, 9.17) is 5.26 Å². The first-order valence-corrected chi connectivity index (χ1v) is 5.80. The van der Waals surface area contributed by atoms with Gasteiger partial charge in [-0.1, -0.05) is 0 Å². The van der Waals surface area contributed by atoms with E-state index in [1.165, 1.54) is 22.7 Å². The van der Waals surface area contributed by atoms with Gasteiger partial charge < -0.3 is 5.32 Å². The van der Waals surface area contributed by atoms with Crippen LogP contribution in [0.25, 0.3) is 0 Å². The second-order valence-electron chi connectivity index (χ2n) is 2.60. The van der Waals surface area contributed by atoms with Gasteiger partial charge in [0.25, 0.3) is 5.91 Å². The summed E-state index contributed by atoms with van der Waals surface area (Å²) in [5, 5.41) is 15.4. The molecular formula is C9H5N3OS2. The Bertz CT molecular complexity index is 510. The van der Waals surface area contributed by atoms with Gasteiger partial charge in [0.2, 0.25) is 0 Å². The smallest absolute Gasteiger partial charge is 0.275 e. The second-order valence-corrected chi connectivity index (χ2v) is 4.24. The van der Waals surface area contributed by atoms with Crippen LogP contribution in [-0.4, -0.2) is 10.9 Å². The minimum atomic E-state index is -0.282. The highest BCUT2D eigenvalue weighted by atomic mass is 32.1. The first kappa shape index (κ1) is 9.83. The lowest BCUT2D eigenvalue weighted by molar-refractivity contribution is 0.102. The van der Waals surface area contributed by atoms with Crippen molar-refractivity contribution in [2.45, 2.75) is 0 Å². The SMILES string of the molecule is N#Cc1ccsc1NC(=O)c1cscn1. The maximum absolute atomic E-state index is 11.6. The molecule has 2 aromatic rings. The van der Waals surface area contributed by atoms with E-state index in [1.54, 1.807) is 22.3 Å². The molecular weight excluding hydrogens is 230 g/mol. The summed E-state index contributed by atoms with van der Waals surface area (Å²) >= 11 is 2.68. The molecule has 74 valence electrons. The maximum Gasteiger partial charge on any atom is 0.275 e. The zero-order valence-corrected chi connectivity index (χ0v) is 9.06. The Morgan fingerprint density at radius 2 is 2.47 bits per heavy atom. The van der Waals surface area contributed by atoms with Crippen molar-refractivity contribution in [3.05, 3.63) is 33.6 Å². The Labute approximate surface area is 93.8 Å². The van der Waals surface area contributed by atoms with Gasteiger partial charge in [-0.25, -0.2) is 4.98 Å². The minimum absolute atomic E-state index is 0.282. The van der Waals surface area contributed by atoms with E-state index in [2.05, 4.69) is 10.3 Å². The van der Waals surface area contributed by atoms with Gasteiger partial charge in [-0.15, -0.1) is 22.7 Å². The van der Waals surface area contributed by atoms with E-state index < -0.39 is 0 Å². The lowest BCUT2D eigenvalue weighted by atomic mass is 10.3. The third-order valence-corrected chi connectivity index (χ3v) is 3.09. The summed E-state index contributed by atoms with van der Waals surface area (Å²) < 4.78 is 0. The van der Waals surface area contributed by atoms with E-state index in [9.17, 15) is 4.79 Å². The Morgan fingerprint density at radius 1 is 1.60 bits per heavy atom. The van der Waals surface area contributed by atoms with Crippen LogP contribution in [0.15, 0.2) is 22.3 Å². The largest absolute Gasteiger partial charge is 0.311 e. The predicted octanol–water partition coefficient (Wildman–Crippen LogP) is 2.33. The summed E-state index contributed by atoms with van der Waals surface area (Å²) in [6.45, 7) is 0. The summed E-state index contributed by atoms with van der Waals surface area (Å²) in [5.41, 5.74) is 2.44. The Kier molecular flexibility index (Phi) is 2.76. The summed E-state index contributed by atoms with van der Waals surface area (Å²) in [5.74, 6) is -0.282. The van der Waals surface area contributed by atoms with Crippen molar-refractivity contribution in [1.29, 1.82) is 5.26 Å². The van der Waals surface area contributed by atoms with Gasteiger partial charge in [-0.05, 0) is 11.4 Å². The standard InChI is InChI=1S/C9H5N3OS2/c10-3-6-1-2-15-9(6)12-8(13)7-4-14-5-11-7/h1-2,4-5H,(H,12,13). The first-order chi connectivity index (χ1) is 7.31. The Balaban J connectivity index is 2.17. The van der Waals surface area contributed by atoms with E-state index in [0.717, 1.165) is 0 Å². The fourth-order valence-electron chi connectivity index (χ4n) is 0.986. The van der Waals surface area contributed by atoms with Crippen molar-refractivity contribution >= 4 is 33.6 Å². The van der Waals surface area contributed by atoms with E-state index in [0.29, 0.717) is 16.3 Å². The van der Waals surface area contributed by atoms with Crippen LogP contribution in [-0.2, 0) is 0 Å². The molecule has 1 N–H and O–H groups in total. The molecule has 0 aliphatic heterocycles. The van der Waals surface area contributed by atoms with Crippen molar-refractivity contribution < 1.29 is 4.79 Å². The molecule has 0 aliphatic rings. The number of nitrogens with zero attached hydrogens (tertiary/aromatic N) is 2. The molecule has 15 heavy (non-hydrogen) atoms. The first-order valence-electron chi connectivity index (χ1n) is 3.98. The highest BCUT2D eigenvalue weighted by Gasteiger charge is 2.11. The van der Waals surface area contributed by atoms with E-state index in [-0.39, 0.29) is 5.91 Å². The van der Waals surface area contributed by atoms with Gasteiger partial charge in [0, 0.05) is 5.38 Å². The van der Waals surface area contributed by atoms with Crippen LogP contribution in [0.4, 0.5) is 5.00 Å². The number of nitrogens with one attached hydrogen (secondary N) is 1. The zero-order chi connectivity index (χ0) is 10.7. The molecule has 0 aromatic carbocycles. The third kappa shape index (κ3) is 2.03. The van der Waals surface area contributed by atoms with Gasteiger partial charge in [0.15, 0.2) is 0 Å². The molecule has 0 fully saturated rings. The number of aromatic nitrogens is 1. The van der Waals surface area contributed by atoms with Crippen molar-refractivity contribution in [3.8, 4) is 6.07 Å². The van der Waals surface area contributed by atoms with Gasteiger partial charge >= 0.3 is 0 Å². The summed E-state index contributed by atoms with van der Waals surface area (Å²) in [6.07, 6.45) is 0. The number of carbonyl (C=O) groups excluding carboxylic acids is 1. The van der Waals surface area contributed by atoms with Crippen molar-refractivity contribution in [3.63, 3.8) is 0 Å². The molecule has 6 heteroatoms. The number of anilines is 1. The summed E-state index contributed by atoms with van der Waals surface area (Å²) in [6, 6.07) is 3.67. The van der Waals surface area contributed by atoms with Crippen LogP contribution in [0.5, 0.6) is 0 Å². The number of hydrogen-bond donors (Lipinski definition) is 1. The lowest BCUT2D eigenvalue weighted by Gasteiger charge is -1.99. The highest BCUT2D eigenvalue weighted by molar-refractivity contribution is 7.14. The van der Waals surface area contributed by atoms with Gasteiger partial charge in [-0.2, -0.15) is 5.26 Å². The molecule has 2 aromatic heterocycles. The molecule has 2 rings (SSSR count). The molecule has 0 saturated carbocycles. The molecule has 0 atom stereocenters. The third-order valence-electron chi connectivity index (χ3n) is 1.68. The monoisotopic (exact) mass is 235 g/mol. The van der Waals surface area contributed by atoms with Gasteiger partial charge in [-0.3, -0.25) is 4.79 Å². The highest BCUT2D eigenvalue weighted by Crippen LogP contribution is 2.22. The molecule has 0 saturated heterocycles. The fourth-order valence-corrected chi connectivity index (χ4v) is 2.25. The number of hydrogen-bond acceptors (Lipinski definition) is 5. The van der Waals surface area contributed by atoms with Crippen molar-refractivity contribution in [2.24, 2.45) is 0 Å². The van der Waals surface area contributed by atoms with Crippen LogP contribution >= 0.6 is 22.7 Å². The maximum atomic E-state index is 11.6. The molecule has 0 bridgehead atoms. The number of thiophene rings is 1. The summed E-state index contributed by atoms with van der Waals surface area (Å²) in [7, 11) is 0. The summed E-state index contributed by atoms with van der Waals surface area (Å²) in [4.78, 5) is 15.5. The fraction of sp³-hybridized carbons (Fsp3) is 0. The molecule has 0 spiro atoms. The molecule has 2 heterocycles. The Hall–Kier alpha value is -1.71. The second kappa shape index (κ2) is 4.21. The predicted molar refractivity (Wildman–Crippen MR) is 59.1 cm³/mol. The topological polar surface area (TPSA) is 65.8 Å². The molecule has 0 aliphatic carbocycles. The number of rotatable bonds is 2. The molecule has 4 nitrogen and oxygen atoms in total. The van der Waals surface area contributed by atoms with Crippen LogP contribution in [0.3, 0.4) is 0 Å². The number of carbonyl (C=O) groups is 1. The Morgan fingerprint density at radius 3 is 3.13 bits per heavy atom. The normalized spacial score (nSPS) is 9.53. The van der Waals surface area contributed by atoms with Crippen LogP contribution in [0.1, 0.15) is 16.1 Å². The van der Waals surface area contributed by atoms with Crippen molar-refractivity contribution in [1.82, 2.24) is 4.98 Å². The zero-order valence-electron chi connectivity index (χ0n) is 7.43. The lowest BCUT2D eigenvalue weighted by Crippen LogP contribution is -2.11. The van der Waals surface area contributed by atoms with Crippen LogP contribution in [0, 0.1) is 11.3 Å².